The molecule has 1 heterocycles. The van der Waals surface area contributed by atoms with Gasteiger partial charge in [-0.3, -0.25) is 0 Å². The molecule has 2 N–H and O–H groups in total. The van der Waals surface area contributed by atoms with Crippen molar-refractivity contribution in [3.8, 4) is 11.3 Å². The molecule has 0 spiro atoms. The lowest BCUT2D eigenvalue weighted by molar-refractivity contribution is 1.11. The van der Waals surface area contributed by atoms with Gasteiger partial charge in [0.25, 0.3) is 0 Å². The molecule has 0 aliphatic rings. The fourth-order valence-electron chi connectivity index (χ4n) is 1.43. The summed E-state index contributed by atoms with van der Waals surface area (Å²) in [4.78, 5) is 2.43. The van der Waals surface area contributed by atoms with Crippen LogP contribution in [0.15, 0.2) is 35.2 Å². The maximum absolute atomic E-state index is 5.57. The van der Waals surface area contributed by atoms with Crippen LogP contribution in [0, 0.1) is 0 Å². The average molecular weight is 250 g/mol. The third-order valence-electron chi connectivity index (χ3n) is 2.22. The van der Waals surface area contributed by atoms with E-state index in [2.05, 4.69) is 41.6 Å². The number of hydrogen-bond acceptors (Lipinski definition) is 4. The monoisotopic (exact) mass is 250 g/mol. The number of benzene rings is 1. The molecule has 0 fully saturated rings. The van der Waals surface area contributed by atoms with E-state index in [-0.39, 0.29) is 0 Å². The second-order valence-corrected chi connectivity index (χ2v) is 5.57. The predicted octanol–water partition coefficient (Wildman–Crippen LogP) is 3.38. The molecule has 2 rings (SSSR count). The van der Waals surface area contributed by atoms with Gasteiger partial charge in [0.2, 0.25) is 0 Å². The van der Waals surface area contributed by atoms with Gasteiger partial charge in [-0.1, -0.05) is 19.1 Å². The Morgan fingerprint density at radius 3 is 2.62 bits per heavy atom. The molecule has 2 aromatic rings. The van der Waals surface area contributed by atoms with Crippen LogP contribution in [0.4, 0.5) is 0 Å². The van der Waals surface area contributed by atoms with E-state index in [1.54, 1.807) is 0 Å². The third kappa shape index (κ3) is 2.64. The number of nitrogens with zero attached hydrogens (tertiary/aromatic N) is 1. The summed E-state index contributed by atoms with van der Waals surface area (Å²) in [6.07, 6.45) is 0. The van der Waals surface area contributed by atoms with Crippen molar-refractivity contribution < 1.29 is 0 Å². The maximum Gasteiger partial charge on any atom is 0.0844 e. The second kappa shape index (κ2) is 5.48. The van der Waals surface area contributed by atoms with Crippen molar-refractivity contribution in [3.05, 3.63) is 35.2 Å². The summed E-state index contributed by atoms with van der Waals surface area (Å²) in [7, 11) is 0. The maximum atomic E-state index is 5.57. The second-order valence-electron chi connectivity index (χ2n) is 3.34. The Morgan fingerprint density at radius 1 is 1.31 bits per heavy atom. The molecule has 0 saturated heterocycles. The van der Waals surface area contributed by atoms with Crippen LogP contribution in [0.3, 0.4) is 0 Å². The van der Waals surface area contributed by atoms with E-state index in [1.807, 2.05) is 11.8 Å². The summed E-state index contributed by atoms with van der Waals surface area (Å²) in [5.74, 6) is 1.10. The lowest BCUT2D eigenvalue weighted by Crippen LogP contribution is -1.91. The van der Waals surface area contributed by atoms with Gasteiger partial charge in [0.1, 0.15) is 0 Å². The molecule has 0 atom stereocenters. The number of rotatable bonds is 4. The predicted molar refractivity (Wildman–Crippen MR) is 71.8 cm³/mol. The standard InChI is InChI=1S/C12H14N2S2/c1-2-15-10-5-3-9(4-6-10)12-7-11(8-13)16-14-12/h3-7H,2,8,13H2,1H3. The van der Waals surface area contributed by atoms with Crippen molar-refractivity contribution in [3.63, 3.8) is 0 Å². The fourth-order valence-corrected chi connectivity index (χ4v) is 2.71. The molecule has 0 unspecified atom stereocenters. The van der Waals surface area contributed by atoms with Crippen molar-refractivity contribution >= 4 is 23.3 Å². The first-order chi connectivity index (χ1) is 7.83. The lowest BCUT2D eigenvalue weighted by Gasteiger charge is -1.99. The molecule has 0 aliphatic carbocycles. The van der Waals surface area contributed by atoms with Crippen LogP contribution in [-0.4, -0.2) is 10.1 Å². The zero-order valence-corrected chi connectivity index (χ0v) is 10.8. The van der Waals surface area contributed by atoms with Crippen LogP contribution in [0.1, 0.15) is 11.8 Å². The van der Waals surface area contributed by atoms with Crippen LogP contribution in [-0.2, 0) is 6.54 Å². The Balaban J connectivity index is 2.20. The van der Waals surface area contributed by atoms with Crippen LogP contribution in [0.2, 0.25) is 0 Å². The summed E-state index contributed by atoms with van der Waals surface area (Å²) in [6, 6.07) is 10.6. The summed E-state index contributed by atoms with van der Waals surface area (Å²) < 4.78 is 4.39. The van der Waals surface area contributed by atoms with E-state index in [1.165, 1.54) is 16.4 Å². The van der Waals surface area contributed by atoms with Gasteiger partial charge in [-0.2, -0.15) is 4.37 Å². The highest BCUT2D eigenvalue weighted by Crippen LogP contribution is 2.25. The van der Waals surface area contributed by atoms with E-state index < -0.39 is 0 Å². The highest BCUT2D eigenvalue weighted by atomic mass is 32.2. The molecule has 0 bridgehead atoms. The molecule has 0 radical (unpaired) electrons. The first kappa shape index (κ1) is 11.6. The minimum Gasteiger partial charge on any atom is -0.326 e. The normalized spacial score (nSPS) is 10.6. The van der Waals surface area contributed by atoms with Crippen LogP contribution >= 0.6 is 23.3 Å². The van der Waals surface area contributed by atoms with Crippen LogP contribution in [0.5, 0.6) is 0 Å². The SMILES string of the molecule is CCSc1ccc(-c2cc(CN)sn2)cc1. The minimum absolute atomic E-state index is 0.571. The first-order valence-electron chi connectivity index (χ1n) is 5.22. The molecule has 0 amide bonds. The van der Waals surface area contributed by atoms with Crippen molar-refractivity contribution in [2.75, 3.05) is 5.75 Å². The number of nitrogens with two attached hydrogens (primary N) is 1. The molecule has 16 heavy (non-hydrogen) atoms. The Bertz CT molecular complexity index is 448. The van der Waals surface area contributed by atoms with Crippen molar-refractivity contribution in [2.24, 2.45) is 5.73 Å². The molecule has 0 aliphatic heterocycles. The molecule has 4 heteroatoms. The van der Waals surface area contributed by atoms with Gasteiger partial charge in [0.05, 0.1) is 5.69 Å². The topological polar surface area (TPSA) is 38.9 Å². The molecule has 1 aromatic heterocycles. The molecule has 1 aromatic carbocycles. The minimum atomic E-state index is 0.571. The van der Waals surface area contributed by atoms with Gasteiger partial charge in [-0.25, -0.2) is 0 Å². The third-order valence-corrected chi connectivity index (χ3v) is 3.92. The fraction of sp³-hybridized carbons (Fsp3) is 0.250. The number of hydrogen-bond donors (Lipinski definition) is 1. The quantitative estimate of drug-likeness (QED) is 0.845. The van der Waals surface area contributed by atoms with E-state index in [4.69, 9.17) is 5.73 Å². The first-order valence-corrected chi connectivity index (χ1v) is 6.98. The van der Waals surface area contributed by atoms with Crippen molar-refractivity contribution in [1.82, 2.24) is 4.37 Å². The Kier molecular flexibility index (Phi) is 3.98. The van der Waals surface area contributed by atoms with E-state index in [0.29, 0.717) is 6.54 Å². The van der Waals surface area contributed by atoms with Crippen molar-refractivity contribution in [2.45, 2.75) is 18.4 Å². The Morgan fingerprint density at radius 2 is 2.06 bits per heavy atom. The van der Waals surface area contributed by atoms with Gasteiger partial charge in [0, 0.05) is 21.9 Å². The number of thioether (sulfide) groups is 1. The smallest absolute Gasteiger partial charge is 0.0844 e. The lowest BCUT2D eigenvalue weighted by atomic mass is 10.1. The van der Waals surface area contributed by atoms with Gasteiger partial charge in [-0.15, -0.1) is 11.8 Å². The van der Waals surface area contributed by atoms with Gasteiger partial charge in [-0.05, 0) is 35.5 Å². The average Bonchev–Trinajstić information content (AvgIpc) is 2.79. The molecule has 0 saturated carbocycles. The highest BCUT2D eigenvalue weighted by Gasteiger charge is 2.03. The van der Waals surface area contributed by atoms with Crippen molar-refractivity contribution in [1.29, 1.82) is 0 Å². The molecule has 2 nitrogen and oxygen atoms in total. The zero-order valence-electron chi connectivity index (χ0n) is 9.14. The molecular formula is C12H14N2S2. The largest absolute Gasteiger partial charge is 0.326 e. The van der Waals surface area contributed by atoms with E-state index in [9.17, 15) is 0 Å². The summed E-state index contributed by atoms with van der Waals surface area (Å²) in [5, 5.41) is 0. The van der Waals surface area contributed by atoms with E-state index in [0.717, 1.165) is 21.9 Å². The zero-order chi connectivity index (χ0) is 11.4. The molecular weight excluding hydrogens is 236 g/mol. The summed E-state index contributed by atoms with van der Waals surface area (Å²) >= 11 is 3.33. The Hall–Kier alpha value is -0.840. The Labute approximate surface area is 104 Å². The highest BCUT2D eigenvalue weighted by molar-refractivity contribution is 7.99. The molecule has 84 valence electrons. The van der Waals surface area contributed by atoms with Gasteiger partial charge >= 0.3 is 0 Å². The van der Waals surface area contributed by atoms with Gasteiger partial charge < -0.3 is 5.73 Å². The van der Waals surface area contributed by atoms with Gasteiger partial charge in [0.15, 0.2) is 0 Å². The summed E-state index contributed by atoms with van der Waals surface area (Å²) in [6.45, 7) is 2.73. The van der Waals surface area contributed by atoms with Crippen LogP contribution < -0.4 is 5.73 Å². The van der Waals surface area contributed by atoms with Crippen LogP contribution in [0.25, 0.3) is 11.3 Å². The summed E-state index contributed by atoms with van der Waals surface area (Å²) in [5.41, 5.74) is 7.76. The van der Waals surface area contributed by atoms with E-state index >= 15 is 0 Å². The number of aromatic nitrogens is 1.